The molecule has 6 heteroatoms. The predicted molar refractivity (Wildman–Crippen MR) is 119 cm³/mol. The Morgan fingerprint density at radius 2 is 1.73 bits per heavy atom. The summed E-state index contributed by atoms with van der Waals surface area (Å²) in [7, 11) is 5.00. The first-order valence-electron chi connectivity index (χ1n) is 9.58. The van der Waals surface area contributed by atoms with E-state index in [-0.39, 0.29) is 11.6 Å². The zero-order valence-electron chi connectivity index (χ0n) is 17.3. The fourth-order valence-corrected chi connectivity index (χ4v) is 3.06. The van der Waals surface area contributed by atoms with Crippen LogP contribution < -0.4 is 15.0 Å². The summed E-state index contributed by atoms with van der Waals surface area (Å²) in [6.45, 7) is 0.734. The highest BCUT2D eigenvalue weighted by Gasteiger charge is 2.18. The number of oxime groups is 1. The van der Waals surface area contributed by atoms with Crippen molar-refractivity contribution in [1.29, 1.82) is 0 Å². The normalized spacial score (nSPS) is 11.0. The molecule has 30 heavy (non-hydrogen) atoms. The quantitative estimate of drug-likeness (QED) is 0.452. The third-order valence-corrected chi connectivity index (χ3v) is 4.51. The minimum Gasteiger partial charge on any atom is -0.457 e. The van der Waals surface area contributed by atoms with Crippen molar-refractivity contribution in [1.82, 2.24) is 5.32 Å². The molecule has 3 aromatic carbocycles. The summed E-state index contributed by atoms with van der Waals surface area (Å²) in [4.78, 5) is 19.3. The van der Waals surface area contributed by atoms with Gasteiger partial charge in [-0.1, -0.05) is 47.6 Å². The van der Waals surface area contributed by atoms with Crippen LogP contribution in [0.2, 0.25) is 0 Å². The van der Waals surface area contributed by atoms with Gasteiger partial charge in [-0.05, 0) is 42.0 Å². The van der Waals surface area contributed by atoms with Gasteiger partial charge < -0.3 is 19.8 Å². The standard InChI is InChI=1S/C24H25N3O3/c1-25-24(28)23(26-29-3)21-14-7-8-15-22(21)30-20-13-9-10-18(16-20)17-27(2)19-11-5-4-6-12-19/h4-16H,17H2,1-3H3,(H,25,28)/b26-23-. The zero-order valence-corrected chi connectivity index (χ0v) is 17.3. The highest BCUT2D eigenvalue weighted by atomic mass is 16.6. The lowest BCUT2D eigenvalue weighted by Crippen LogP contribution is -2.28. The first kappa shape index (κ1) is 20.9. The maximum atomic E-state index is 12.2. The lowest BCUT2D eigenvalue weighted by molar-refractivity contribution is -0.114. The molecule has 1 N–H and O–H groups in total. The molecular formula is C24H25N3O3. The van der Waals surface area contributed by atoms with Crippen LogP contribution in [0, 0.1) is 0 Å². The number of hydrogen-bond acceptors (Lipinski definition) is 5. The van der Waals surface area contributed by atoms with E-state index in [4.69, 9.17) is 9.57 Å². The summed E-state index contributed by atoms with van der Waals surface area (Å²) in [6, 6.07) is 25.3. The van der Waals surface area contributed by atoms with Gasteiger partial charge in [0.2, 0.25) is 0 Å². The minimum absolute atomic E-state index is 0.149. The smallest absolute Gasteiger partial charge is 0.273 e. The first-order chi connectivity index (χ1) is 14.6. The van der Waals surface area contributed by atoms with Gasteiger partial charge in [-0.3, -0.25) is 4.79 Å². The second-order valence-corrected chi connectivity index (χ2v) is 6.64. The second kappa shape index (κ2) is 10.1. The average molecular weight is 403 g/mol. The van der Waals surface area contributed by atoms with E-state index in [1.54, 1.807) is 19.2 Å². The summed E-state index contributed by atoms with van der Waals surface area (Å²) >= 11 is 0. The number of nitrogens with one attached hydrogen (secondary N) is 1. The van der Waals surface area contributed by atoms with Gasteiger partial charge in [0.15, 0.2) is 5.71 Å². The summed E-state index contributed by atoms with van der Waals surface area (Å²) in [5.41, 5.74) is 2.94. The van der Waals surface area contributed by atoms with Crippen LogP contribution >= 0.6 is 0 Å². The number of hydrogen-bond donors (Lipinski definition) is 1. The van der Waals surface area contributed by atoms with E-state index in [1.165, 1.54) is 7.11 Å². The van der Waals surface area contributed by atoms with Gasteiger partial charge in [-0.15, -0.1) is 0 Å². The Kier molecular flexibility index (Phi) is 7.05. The second-order valence-electron chi connectivity index (χ2n) is 6.64. The van der Waals surface area contributed by atoms with Crippen LogP contribution in [-0.2, 0) is 16.2 Å². The van der Waals surface area contributed by atoms with Crippen LogP contribution in [0.25, 0.3) is 0 Å². The van der Waals surface area contributed by atoms with E-state index >= 15 is 0 Å². The van der Waals surface area contributed by atoms with Crippen molar-refractivity contribution in [2.24, 2.45) is 5.16 Å². The van der Waals surface area contributed by atoms with E-state index in [9.17, 15) is 4.79 Å². The van der Waals surface area contributed by atoms with Gasteiger partial charge in [0.25, 0.3) is 5.91 Å². The van der Waals surface area contributed by atoms with Gasteiger partial charge in [0.1, 0.15) is 18.6 Å². The van der Waals surface area contributed by atoms with Crippen molar-refractivity contribution in [3.8, 4) is 11.5 Å². The van der Waals surface area contributed by atoms with Crippen molar-refractivity contribution in [2.45, 2.75) is 6.54 Å². The SMILES string of the molecule is CNC(=O)/C(=N\OC)c1ccccc1Oc1cccc(CN(C)c2ccccc2)c1. The number of ether oxygens (including phenoxy) is 1. The molecule has 0 heterocycles. The number of amides is 1. The number of carbonyl (C=O) groups is 1. The maximum absolute atomic E-state index is 12.2. The van der Waals surface area contributed by atoms with E-state index in [0.717, 1.165) is 17.8 Å². The summed E-state index contributed by atoms with van der Waals surface area (Å²) < 4.78 is 6.12. The Hall–Kier alpha value is -3.80. The first-order valence-corrected chi connectivity index (χ1v) is 9.58. The van der Waals surface area contributed by atoms with Crippen molar-refractivity contribution in [3.63, 3.8) is 0 Å². The largest absolute Gasteiger partial charge is 0.457 e. The molecule has 0 atom stereocenters. The van der Waals surface area contributed by atoms with Crippen LogP contribution in [-0.4, -0.2) is 32.8 Å². The molecule has 3 aromatic rings. The zero-order chi connectivity index (χ0) is 21.3. The lowest BCUT2D eigenvalue weighted by atomic mass is 10.1. The van der Waals surface area contributed by atoms with Crippen LogP contribution in [0.3, 0.4) is 0 Å². The topological polar surface area (TPSA) is 63.2 Å². The molecule has 0 saturated carbocycles. The Morgan fingerprint density at radius 1 is 1.00 bits per heavy atom. The molecule has 0 spiro atoms. The van der Waals surface area contributed by atoms with Crippen molar-refractivity contribution in [3.05, 3.63) is 90.0 Å². The number of rotatable bonds is 8. The summed E-state index contributed by atoms with van der Waals surface area (Å²) in [6.07, 6.45) is 0. The van der Waals surface area contributed by atoms with E-state index in [1.807, 2.05) is 48.5 Å². The molecule has 0 aliphatic heterocycles. The number of anilines is 1. The predicted octanol–water partition coefficient (Wildman–Crippen LogP) is 4.21. The monoisotopic (exact) mass is 403 g/mol. The molecule has 0 fully saturated rings. The number of likely N-dealkylation sites (N-methyl/N-ethyl adjacent to an activating group) is 1. The molecule has 0 unspecified atom stereocenters. The molecule has 3 rings (SSSR count). The van der Waals surface area contributed by atoms with Crippen LogP contribution in [0.1, 0.15) is 11.1 Å². The molecule has 0 bridgehead atoms. The molecule has 0 radical (unpaired) electrons. The Balaban J connectivity index is 1.83. The highest BCUT2D eigenvalue weighted by molar-refractivity contribution is 6.45. The number of para-hydroxylation sites is 2. The Morgan fingerprint density at radius 3 is 2.47 bits per heavy atom. The van der Waals surface area contributed by atoms with Gasteiger partial charge in [-0.2, -0.15) is 0 Å². The number of carbonyl (C=O) groups excluding carboxylic acids is 1. The Labute approximate surface area is 176 Å². The van der Waals surface area contributed by atoms with Crippen LogP contribution in [0.4, 0.5) is 5.69 Å². The minimum atomic E-state index is -0.355. The molecular weight excluding hydrogens is 378 g/mol. The molecule has 1 amide bonds. The molecule has 0 aliphatic rings. The molecule has 154 valence electrons. The van der Waals surface area contributed by atoms with Gasteiger partial charge in [-0.25, -0.2) is 0 Å². The average Bonchev–Trinajstić information content (AvgIpc) is 2.78. The third-order valence-electron chi connectivity index (χ3n) is 4.51. The highest BCUT2D eigenvalue weighted by Crippen LogP contribution is 2.27. The fourth-order valence-electron chi connectivity index (χ4n) is 3.06. The molecule has 6 nitrogen and oxygen atoms in total. The van der Waals surface area contributed by atoms with E-state index in [2.05, 4.69) is 40.6 Å². The van der Waals surface area contributed by atoms with Crippen molar-refractivity contribution < 1.29 is 14.4 Å². The van der Waals surface area contributed by atoms with Crippen molar-refractivity contribution in [2.75, 3.05) is 26.1 Å². The summed E-state index contributed by atoms with van der Waals surface area (Å²) in [5.74, 6) is 0.840. The van der Waals surface area contributed by atoms with Gasteiger partial charge >= 0.3 is 0 Å². The summed E-state index contributed by atoms with van der Waals surface area (Å²) in [5, 5.41) is 6.45. The van der Waals surface area contributed by atoms with Crippen LogP contribution in [0.15, 0.2) is 84.0 Å². The fraction of sp³-hybridized carbons (Fsp3) is 0.167. The number of nitrogens with zero attached hydrogens (tertiary/aromatic N) is 2. The Bertz CT molecular complexity index is 1020. The lowest BCUT2D eigenvalue weighted by Gasteiger charge is -2.20. The molecule has 0 saturated heterocycles. The van der Waals surface area contributed by atoms with Gasteiger partial charge in [0, 0.05) is 26.3 Å². The van der Waals surface area contributed by atoms with E-state index < -0.39 is 0 Å². The van der Waals surface area contributed by atoms with Gasteiger partial charge in [0.05, 0.1) is 5.56 Å². The van der Waals surface area contributed by atoms with Crippen LogP contribution in [0.5, 0.6) is 11.5 Å². The van der Waals surface area contributed by atoms with Crippen molar-refractivity contribution >= 4 is 17.3 Å². The molecule has 0 aliphatic carbocycles. The third kappa shape index (κ3) is 5.17. The van der Waals surface area contributed by atoms with E-state index in [0.29, 0.717) is 17.1 Å². The molecule has 0 aromatic heterocycles. The number of benzene rings is 3. The maximum Gasteiger partial charge on any atom is 0.273 e.